The number of aliphatic hydroxyl groups is 1. The molecule has 1 aliphatic rings. The fourth-order valence-corrected chi connectivity index (χ4v) is 3.08. The molecule has 0 aromatic heterocycles. The molecular weight excluding hydrogens is 268 g/mol. The zero-order valence-corrected chi connectivity index (χ0v) is 11.5. The van der Waals surface area contributed by atoms with Crippen molar-refractivity contribution in [2.75, 3.05) is 20.0 Å². The summed E-state index contributed by atoms with van der Waals surface area (Å²) in [5, 5.41) is 10.4. The molecule has 0 bridgehead atoms. The Morgan fingerprint density at radius 1 is 1.26 bits per heavy atom. The highest BCUT2D eigenvalue weighted by Crippen LogP contribution is 2.35. The molecule has 0 saturated heterocycles. The summed E-state index contributed by atoms with van der Waals surface area (Å²) in [6, 6.07) is 4.99. The van der Waals surface area contributed by atoms with Crippen LogP contribution in [0.15, 0.2) is 23.1 Å². The summed E-state index contributed by atoms with van der Waals surface area (Å²) >= 11 is 1.70. The molecule has 19 heavy (non-hydrogen) atoms. The highest BCUT2D eigenvalue weighted by Gasteiger charge is 2.49. The molecule has 5 nitrogen and oxygen atoms in total. The predicted molar refractivity (Wildman–Crippen MR) is 68.8 cm³/mol. The average Bonchev–Trinajstić information content (AvgIpc) is 2.91. The van der Waals surface area contributed by atoms with Gasteiger partial charge in [0, 0.05) is 16.2 Å². The Morgan fingerprint density at radius 3 is 2.47 bits per heavy atom. The van der Waals surface area contributed by atoms with E-state index in [0.717, 1.165) is 36.9 Å². The number of fused-ring (bicyclic) bond motifs is 1. The zero-order chi connectivity index (χ0) is 14.0. The van der Waals surface area contributed by atoms with E-state index in [1.165, 1.54) is 0 Å². The van der Waals surface area contributed by atoms with E-state index < -0.39 is 17.5 Å². The maximum Gasteiger partial charge on any atom is 0.354 e. The van der Waals surface area contributed by atoms with Crippen molar-refractivity contribution in [3.8, 4) is 0 Å². The second-order valence-corrected chi connectivity index (χ2v) is 5.25. The smallest absolute Gasteiger partial charge is 0.354 e. The first-order valence-corrected chi connectivity index (χ1v) is 6.68. The molecule has 2 rings (SSSR count). The van der Waals surface area contributed by atoms with Gasteiger partial charge < -0.3 is 14.6 Å². The van der Waals surface area contributed by atoms with Gasteiger partial charge in [-0.15, -0.1) is 11.8 Å². The van der Waals surface area contributed by atoms with Crippen molar-refractivity contribution in [1.82, 2.24) is 0 Å². The normalized spacial score (nSPS) is 13.8. The Labute approximate surface area is 114 Å². The Morgan fingerprint density at radius 2 is 1.89 bits per heavy atom. The lowest BCUT2D eigenvalue weighted by Gasteiger charge is -2.23. The number of hydrogen-bond acceptors (Lipinski definition) is 6. The van der Waals surface area contributed by atoms with E-state index in [0.29, 0.717) is 0 Å². The molecule has 0 amide bonds. The first-order chi connectivity index (χ1) is 9.03. The second kappa shape index (κ2) is 5.22. The summed E-state index contributed by atoms with van der Waals surface area (Å²) in [5.74, 6) is -1.15. The van der Waals surface area contributed by atoms with E-state index >= 15 is 0 Å². The van der Waals surface area contributed by atoms with Crippen LogP contribution in [0.3, 0.4) is 0 Å². The van der Waals surface area contributed by atoms with Crippen LogP contribution in [0, 0.1) is 0 Å². The summed E-state index contributed by atoms with van der Waals surface area (Å²) in [4.78, 5) is 24.6. The fraction of sp³-hybridized carbons (Fsp3) is 0.385. The second-order valence-electron chi connectivity index (χ2n) is 4.11. The average molecular weight is 282 g/mol. The summed E-state index contributed by atoms with van der Waals surface area (Å²) in [7, 11) is 2.22. The Hall–Kier alpha value is -1.53. The van der Waals surface area contributed by atoms with Crippen molar-refractivity contribution >= 4 is 23.7 Å². The van der Waals surface area contributed by atoms with Gasteiger partial charge in [0.2, 0.25) is 0 Å². The van der Waals surface area contributed by atoms with Crippen LogP contribution < -0.4 is 0 Å². The van der Waals surface area contributed by atoms with Crippen LogP contribution in [-0.4, -0.2) is 37.0 Å². The maximum absolute atomic E-state index is 11.8. The summed E-state index contributed by atoms with van der Waals surface area (Å²) in [5.41, 5.74) is -1.23. The molecule has 0 radical (unpaired) electrons. The van der Waals surface area contributed by atoms with Crippen molar-refractivity contribution in [3.63, 3.8) is 0 Å². The number of thioether (sulfide) groups is 1. The molecule has 1 aromatic carbocycles. The first-order valence-electron chi connectivity index (χ1n) is 5.69. The number of esters is 2. The van der Waals surface area contributed by atoms with E-state index in [4.69, 9.17) is 0 Å². The van der Waals surface area contributed by atoms with Gasteiger partial charge in [0.05, 0.1) is 14.2 Å². The topological polar surface area (TPSA) is 72.8 Å². The van der Waals surface area contributed by atoms with Crippen LogP contribution in [0.4, 0.5) is 0 Å². The largest absolute Gasteiger partial charge is 0.466 e. The van der Waals surface area contributed by atoms with Gasteiger partial charge >= 0.3 is 11.9 Å². The molecule has 0 aliphatic carbocycles. The van der Waals surface area contributed by atoms with Crippen molar-refractivity contribution in [1.29, 1.82) is 0 Å². The predicted octanol–water partition coefficient (Wildman–Crippen LogP) is 0.868. The third kappa shape index (κ3) is 2.21. The molecule has 1 aliphatic heterocycles. The van der Waals surface area contributed by atoms with Crippen LogP contribution in [-0.2, 0) is 31.1 Å². The summed E-state index contributed by atoms with van der Waals surface area (Å²) in [6.45, 7) is 0. The monoisotopic (exact) mass is 282 g/mol. The third-order valence-electron chi connectivity index (χ3n) is 3.07. The fourth-order valence-electron chi connectivity index (χ4n) is 2.03. The molecule has 0 atom stereocenters. The molecule has 6 heteroatoms. The van der Waals surface area contributed by atoms with E-state index in [2.05, 4.69) is 9.47 Å². The van der Waals surface area contributed by atoms with E-state index in [-0.39, 0.29) is 5.56 Å². The number of rotatable bonds is 3. The minimum Gasteiger partial charge on any atom is -0.466 e. The van der Waals surface area contributed by atoms with Gasteiger partial charge in [-0.2, -0.15) is 0 Å². The van der Waals surface area contributed by atoms with Crippen LogP contribution in [0.25, 0.3) is 0 Å². The summed E-state index contributed by atoms with van der Waals surface area (Å²) in [6.07, 6.45) is 0.840. The van der Waals surface area contributed by atoms with Crippen molar-refractivity contribution in [2.45, 2.75) is 16.9 Å². The minimum atomic E-state index is -2.41. The molecule has 102 valence electrons. The van der Waals surface area contributed by atoms with E-state index in [1.807, 2.05) is 0 Å². The molecule has 0 fully saturated rings. The lowest BCUT2D eigenvalue weighted by atomic mass is 9.92. The molecule has 0 saturated carbocycles. The molecule has 1 heterocycles. The number of carbonyl (C=O) groups is 2. The van der Waals surface area contributed by atoms with Crippen LogP contribution in [0.2, 0.25) is 0 Å². The van der Waals surface area contributed by atoms with Gasteiger partial charge in [-0.1, -0.05) is 12.1 Å². The number of benzene rings is 1. The first kappa shape index (κ1) is 13.9. The lowest BCUT2D eigenvalue weighted by Crippen LogP contribution is -2.45. The van der Waals surface area contributed by atoms with Crippen molar-refractivity contribution < 1.29 is 24.2 Å². The van der Waals surface area contributed by atoms with E-state index in [1.54, 1.807) is 30.0 Å². The van der Waals surface area contributed by atoms with Crippen LogP contribution in [0.5, 0.6) is 0 Å². The van der Waals surface area contributed by atoms with Gasteiger partial charge in [-0.3, -0.25) is 0 Å². The zero-order valence-electron chi connectivity index (χ0n) is 10.6. The van der Waals surface area contributed by atoms with Gasteiger partial charge in [-0.25, -0.2) is 9.59 Å². The van der Waals surface area contributed by atoms with Crippen LogP contribution >= 0.6 is 11.8 Å². The number of carbonyl (C=O) groups excluding carboxylic acids is 2. The number of ether oxygens (including phenoxy) is 2. The molecule has 1 aromatic rings. The Kier molecular flexibility index (Phi) is 3.82. The molecule has 1 N–H and O–H groups in total. The Bertz CT molecular complexity index is 510. The lowest BCUT2D eigenvalue weighted by molar-refractivity contribution is -0.181. The molecule has 0 unspecified atom stereocenters. The van der Waals surface area contributed by atoms with Gasteiger partial charge in [0.25, 0.3) is 5.60 Å². The Balaban J connectivity index is 2.50. The number of hydrogen-bond donors (Lipinski definition) is 1. The quantitative estimate of drug-likeness (QED) is 0.655. The third-order valence-corrected chi connectivity index (χ3v) is 4.19. The minimum absolute atomic E-state index is 0.174. The highest BCUT2D eigenvalue weighted by atomic mass is 32.2. The highest BCUT2D eigenvalue weighted by molar-refractivity contribution is 7.99. The maximum atomic E-state index is 11.8. The van der Waals surface area contributed by atoms with Crippen molar-refractivity contribution in [2.24, 2.45) is 0 Å². The SMILES string of the molecule is COC(=O)C(O)(C(=O)OC)c1ccc2c(c1)CCS2. The number of aryl methyl sites for hydroxylation is 1. The standard InChI is InChI=1S/C13H14O5S/c1-17-11(14)13(16,12(15)18-2)9-3-4-10-8(7-9)5-6-19-10/h3-4,7,16H,5-6H2,1-2H3. The van der Waals surface area contributed by atoms with Crippen molar-refractivity contribution in [3.05, 3.63) is 29.3 Å². The number of methoxy groups -OCH3 is 2. The molecule has 0 spiro atoms. The van der Waals surface area contributed by atoms with Gasteiger partial charge in [0.15, 0.2) is 0 Å². The van der Waals surface area contributed by atoms with Crippen LogP contribution in [0.1, 0.15) is 11.1 Å². The van der Waals surface area contributed by atoms with Gasteiger partial charge in [-0.05, 0) is 18.1 Å². The van der Waals surface area contributed by atoms with E-state index in [9.17, 15) is 14.7 Å². The molecular formula is C13H14O5S. The summed E-state index contributed by atoms with van der Waals surface area (Å²) < 4.78 is 9.03. The van der Waals surface area contributed by atoms with Gasteiger partial charge in [0.1, 0.15) is 0 Å².